The summed E-state index contributed by atoms with van der Waals surface area (Å²) in [5.41, 5.74) is 2.06. The molecule has 0 fully saturated rings. The van der Waals surface area contributed by atoms with E-state index in [-0.39, 0.29) is 0 Å². The summed E-state index contributed by atoms with van der Waals surface area (Å²) < 4.78 is 11.9. The quantitative estimate of drug-likeness (QED) is 0.765. The Labute approximate surface area is 138 Å². The second-order valence-electron chi connectivity index (χ2n) is 4.41. The van der Waals surface area contributed by atoms with Gasteiger partial charge in [-0.3, -0.25) is 0 Å². The fourth-order valence-corrected chi connectivity index (χ4v) is 2.76. The summed E-state index contributed by atoms with van der Waals surface area (Å²) in [4.78, 5) is 0. The van der Waals surface area contributed by atoms with Crippen LogP contribution >= 0.6 is 27.5 Å². The first kappa shape index (κ1) is 16.0. The highest BCUT2D eigenvalue weighted by atomic mass is 79.9. The lowest BCUT2D eigenvalue weighted by molar-refractivity contribution is 0.308. The van der Waals surface area contributed by atoms with E-state index in [2.05, 4.69) is 21.2 Å². The van der Waals surface area contributed by atoms with Gasteiger partial charge in [0.2, 0.25) is 0 Å². The molecule has 1 N–H and O–H groups in total. The molecule has 0 aliphatic heterocycles. The molecule has 5 heteroatoms. The molecule has 0 aliphatic rings. The van der Waals surface area contributed by atoms with E-state index in [0.29, 0.717) is 23.9 Å². The molecular weight excluding hydrogens is 354 g/mol. The summed E-state index contributed by atoms with van der Waals surface area (Å²) in [5, 5.41) is 4.04. The zero-order chi connectivity index (χ0) is 15.2. The summed E-state index contributed by atoms with van der Waals surface area (Å²) in [6.45, 7) is 3.21. The normalized spacial score (nSPS) is 10.3. The molecule has 2 aromatic rings. The van der Waals surface area contributed by atoms with E-state index in [1.807, 2.05) is 43.3 Å². The molecule has 3 nitrogen and oxygen atoms in total. The Balaban J connectivity index is 2.15. The van der Waals surface area contributed by atoms with Crippen molar-refractivity contribution in [3.8, 4) is 11.5 Å². The van der Waals surface area contributed by atoms with Crippen LogP contribution in [0.4, 0.5) is 5.69 Å². The van der Waals surface area contributed by atoms with E-state index in [1.54, 1.807) is 7.11 Å². The van der Waals surface area contributed by atoms with Gasteiger partial charge in [0.1, 0.15) is 0 Å². The van der Waals surface area contributed by atoms with E-state index in [1.165, 1.54) is 0 Å². The number of nitrogens with one attached hydrogen (secondary N) is 1. The molecule has 2 aromatic carbocycles. The van der Waals surface area contributed by atoms with Crippen molar-refractivity contribution in [1.29, 1.82) is 0 Å². The van der Waals surface area contributed by atoms with Gasteiger partial charge < -0.3 is 14.8 Å². The molecule has 112 valence electrons. The molecule has 0 radical (unpaired) electrons. The number of halogens is 2. The first-order chi connectivity index (χ1) is 10.1. The van der Waals surface area contributed by atoms with Crippen LogP contribution in [0.5, 0.6) is 11.5 Å². The standard InChI is InChI=1S/C16H17BrClNO2/c1-3-21-16-14(17)7-11(8-15(16)20-2)10-19-13-6-4-5-12(18)9-13/h4-9,19H,3,10H2,1-2H3. The highest BCUT2D eigenvalue weighted by molar-refractivity contribution is 9.10. The number of anilines is 1. The van der Waals surface area contributed by atoms with Crippen LogP contribution in [0.2, 0.25) is 5.02 Å². The van der Waals surface area contributed by atoms with Crippen molar-refractivity contribution in [3.63, 3.8) is 0 Å². The van der Waals surface area contributed by atoms with E-state index >= 15 is 0 Å². The number of hydrogen-bond acceptors (Lipinski definition) is 3. The van der Waals surface area contributed by atoms with Gasteiger partial charge in [0.15, 0.2) is 11.5 Å². The van der Waals surface area contributed by atoms with E-state index < -0.39 is 0 Å². The minimum absolute atomic E-state index is 0.592. The van der Waals surface area contributed by atoms with E-state index in [0.717, 1.165) is 21.5 Å². The van der Waals surface area contributed by atoms with Crippen LogP contribution in [0.1, 0.15) is 12.5 Å². The highest BCUT2D eigenvalue weighted by Gasteiger charge is 2.11. The molecule has 0 amide bonds. The third-order valence-electron chi connectivity index (χ3n) is 2.90. The molecule has 0 aliphatic carbocycles. The van der Waals surface area contributed by atoms with Crippen molar-refractivity contribution in [2.75, 3.05) is 19.0 Å². The number of benzene rings is 2. The maximum absolute atomic E-state index is 5.97. The van der Waals surface area contributed by atoms with Gasteiger partial charge in [0, 0.05) is 17.3 Å². The second-order valence-corrected chi connectivity index (χ2v) is 5.70. The largest absolute Gasteiger partial charge is 0.493 e. The smallest absolute Gasteiger partial charge is 0.175 e. The summed E-state index contributed by atoms with van der Waals surface area (Å²) in [5.74, 6) is 1.45. The van der Waals surface area contributed by atoms with Crippen LogP contribution in [0.15, 0.2) is 40.9 Å². The highest BCUT2D eigenvalue weighted by Crippen LogP contribution is 2.36. The average molecular weight is 371 g/mol. The Kier molecular flexibility index (Phi) is 5.76. The summed E-state index contributed by atoms with van der Waals surface area (Å²) in [7, 11) is 1.64. The third-order valence-corrected chi connectivity index (χ3v) is 3.72. The van der Waals surface area contributed by atoms with E-state index in [9.17, 15) is 0 Å². The molecule has 21 heavy (non-hydrogen) atoms. The van der Waals surface area contributed by atoms with Gasteiger partial charge in [-0.05, 0) is 58.7 Å². The van der Waals surface area contributed by atoms with Crippen molar-refractivity contribution in [1.82, 2.24) is 0 Å². The van der Waals surface area contributed by atoms with Crippen molar-refractivity contribution < 1.29 is 9.47 Å². The third kappa shape index (κ3) is 4.29. The zero-order valence-electron chi connectivity index (χ0n) is 12.0. The average Bonchev–Trinajstić information content (AvgIpc) is 2.47. The summed E-state index contributed by atoms with van der Waals surface area (Å²) >= 11 is 9.49. The molecule has 0 aromatic heterocycles. The van der Waals surface area contributed by atoms with Gasteiger partial charge in [-0.2, -0.15) is 0 Å². The fourth-order valence-electron chi connectivity index (χ4n) is 1.96. The number of rotatable bonds is 6. The lowest BCUT2D eigenvalue weighted by Crippen LogP contribution is -2.02. The summed E-state index contributed by atoms with van der Waals surface area (Å²) in [6, 6.07) is 11.6. The predicted molar refractivity (Wildman–Crippen MR) is 90.6 cm³/mol. The van der Waals surface area contributed by atoms with Gasteiger partial charge in [0.05, 0.1) is 18.2 Å². The van der Waals surface area contributed by atoms with Gasteiger partial charge >= 0.3 is 0 Å². The van der Waals surface area contributed by atoms with Crippen LogP contribution in [0.25, 0.3) is 0 Å². The Bertz CT molecular complexity index is 619. The summed E-state index contributed by atoms with van der Waals surface area (Å²) in [6.07, 6.45) is 0. The monoisotopic (exact) mass is 369 g/mol. The van der Waals surface area contributed by atoms with Crippen LogP contribution in [0, 0.1) is 0 Å². The Hall–Kier alpha value is -1.39. The zero-order valence-corrected chi connectivity index (χ0v) is 14.3. The fraction of sp³-hybridized carbons (Fsp3) is 0.250. The number of methoxy groups -OCH3 is 1. The molecule has 0 bridgehead atoms. The topological polar surface area (TPSA) is 30.5 Å². The first-order valence-corrected chi connectivity index (χ1v) is 7.79. The maximum atomic E-state index is 5.97. The van der Waals surface area contributed by atoms with Crippen molar-refractivity contribution in [2.24, 2.45) is 0 Å². The van der Waals surface area contributed by atoms with Crippen LogP contribution in [-0.4, -0.2) is 13.7 Å². The first-order valence-electron chi connectivity index (χ1n) is 6.62. The maximum Gasteiger partial charge on any atom is 0.175 e. The lowest BCUT2D eigenvalue weighted by Gasteiger charge is -2.14. The van der Waals surface area contributed by atoms with Crippen molar-refractivity contribution in [3.05, 3.63) is 51.5 Å². The van der Waals surface area contributed by atoms with Crippen LogP contribution in [0.3, 0.4) is 0 Å². The molecule has 0 heterocycles. The Morgan fingerprint density at radius 1 is 1.24 bits per heavy atom. The van der Waals surface area contributed by atoms with Gasteiger partial charge in [-0.15, -0.1) is 0 Å². The molecule has 0 saturated heterocycles. The minimum atomic E-state index is 0.592. The molecule has 0 atom stereocenters. The second kappa shape index (κ2) is 7.57. The van der Waals surface area contributed by atoms with Gasteiger partial charge in [-0.25, -0.2) is 0 Å². The number of ether oxygens (including phenoxy) is 2. The molecular formula is C16H17BrClNO2. The SMILES string of the molecule is CCOc1c(Br)cc(CNc2cccc(Cl)c2)cc1OC. The molecule has 0 spiro atoms. The van der Waals surface area contributed by atoms with E-state index in [4.69, 9.17) is 21.1 Å². The van der Waals surface area contributed by atoms with Gasteiger partial charge in [0.25, 0.3) is 0 Å². The molecule has 2 rings (SSSR count). The predicted octanol–water partition coefficient (Wildman–Crippen LogP) is 5.12. The molecule has 0 saturated carbocycles. The minimum Gasteiger partial charge on any atom is -0.493 e. The number of hydrogen-bond donors (Lipinski definition) is 1. The molecule has 0 unspecified atom stereocenters. The van der Waals surface area contributed by atoms with Crippen molar-refractivity contribution in [2.45, 2.75) is 13.5 Å². The lowest BCUT2D eigenvalue weighted by atomic mass is 10.2. The Morgan fingerprint density at radius 2 is 2.05 bits per heavy atom. The Morgan fingerprint density at radius 3 is 2.71 bits per heavy atom. The van der Waals surface area contributed by atoms with Gasteiger partial charge in [-0.1, -0.05) is 17.7 Å². The van der Waals surface area contributed by atoms with Crippen molar-refractivity contribution >= 4 is 33.2 Å². The van der Waals surface area contributed by atoms with Crippen LogP contribution < -0.4 is 14.8 Å². The van der Waals surface area contributed by atoms with Crippen LogP contribution in [-0.2, 0) is 6.54 Å².